The lowest BCUT2D eigenvalue weighted by atomic mass is 9.88. The molecule has 2 aliphatic rings. The second-order valence-corrected chi connectivity index (χ2v) is 4.95. The number of anilines is 1. The monoisotopic (exact) mass is 224 g/mol. The fraction of sp³-hybridized carbons (Fsp3) is 0.667. The zero-order valence-electron chi connectivity index (χ0n) is 8.14. The van der Waals surface area contributed by atoms with Crippen molar-refractivity contribution in [3.05, 3.63) is 6.20 Å². The van der Waals surface area contributed by atoms with E-state index in [1.165, 1.54) is 18.0 Å². The van der Waals surface area contributed by atoms with Gasteiger partial charge in [0.05, 0.1) is 12.1 Å². The Morgan fingerprint density at radius 3 is 3.13 bits per heavy atom. The molecule has 2 N–H and O–H groups in total. The zero-order chi connectivity index (χ0) is 10.3. The second kappa shape index (κ2) is 3.53. The molecule has 1 amide bonds. The molecule has 3 atom stereocenters. The summed E-state index contributed by atoms with van der Waals surface area (Å²) in [5.74, 6) is 0.242. The van der Waals surface area contributed by atoms with E-state index in [0.717, 1.165) is 17.8 Å². The Kier molecular flexibility index (Phi) is 2.17. The fourth-order valence-corrected chi connectivity index (χ4v) is 2.97. The van der Waals surface area contributed by atoms with Gasteiger partial charge in [0.25, 0.3) is 0 Å². The minimum Gasteiger partial charge on any atom is -0.315 e. The molecule has 5 nitrogen and oxygen atoms in total. The summed E-state index contributed by atoms with van der Waals surface area (Å²) in [6, 6.07) is 0.946. The highest BCUT2D eigenvalue weighted by Crippen LogP contribution is 2.33. The minimum atomic E-state index is 0.112. The van der Waals surface area contributed by atoms with Crippen LogP contribution >= 0.6 is 11.5 Å². The predicted molar refractivity (Wildman–Crippen MR) is 56.6 cm³/mol. The molecule has 2 aliphatic heterocycles. The van der Waals surface area contributed by atoms with Gasteiger partial charge in [-0.3, -0.25) is 4.79 Å². The van der Waals surface area contributed by atoms with Gasteiger partial charge in [0.2, 0.25) is 5.91 Å². The SMILES string of the molecule is O=C(Nc1cnns1)C1CC2CCC1N2. The first-order chi connectivity index (χ1) is 7.33. The maximum Gasteiger partial charge on any atom is 0.229 e. The standard InChI is InChI=1S/C9H12N4OS/c14-9(12-8-4-10-13-15-8)6-3-5-1-2-7(6)11-5/h4-7,11H,1-3H2,(H,12,14). The molecule has 2 saturated heterocycles. The van der Waals surface area contributed by atoms with Crippen molar-refractivity contribution in [2.24, 2.45) is 5.92 Å². The summed E-state index contributed by atoms with van der Waals surface area (Å²) in [6.45, 7) is 0. The van der Waals surface area contributed by atoms with Crippen molar-refractivity contribution in [2.45, 2.75) is 31.3 Å². The van der Waals surface area contributed by atoms with Crippen LogP contribution in [-0.4, -0.2) is 27.6 Å². The first-order valence-electron chi connectivity index (χ1n) is 5.17. The van der Waals surface area contributed by atoms with Crippen LogP contribution in [0.25, 0.3) is 0 Å². The van der Waals surface area contributed by atoms with Crippen LogP contribution in [0.2, 0.25) is 0 Å². The molecule has 3 rings (SSSR count). The number of fused-ring (bicyclic) bond motifs is 2. The van der Waals surface area contributed by atoms with E-state index < -0.39 is 0 Å². The van der Waals surface area contributed by atoms with Gasteiger partial charge in [0, 0.05) is 23.6 Å². The molecule has 80 valence electrons. The number of hydrogen-bond acceptors (Lipinski definition) is 5. The van der Waals surface area contributed by atoms with Gasteiger partial charge in [-0.25, -0.2) is 0 Å². The van der Waals surface area contributed by atoms with Crippen molar-refractivity contribution < 1.29 is 4.79 Å². The molecule has 0 aliphatic carbocycles. The van der Waals surface area contributed by atoms with Crippen molar-refractivity contribution in [3.63, 3.8) is 0 Å². The molecule has 0 radical (unpaired) electrons. The van der Waals surface area contributed by atoms with E-state index in [-0.39, 0.29) is 11.8 Å². The Hall–Kier alpha value is -1.01. The van der Waals surface area contributed by atoms with E-state index in [0.29, 0.717) is 12.1 Å². The quantitative estimate of drug-likeness (QED) is 0.772. The van der Waals surface area contributed by atoms with Crippen LogP contribution < -0.4 is 10.6 Å². The van der Waals surface area contributed by atoms with E-state index in [1.807, 2.05) is 0 Å². The average Bonchev–Trinajstić information content (AvgIpc) is 2.93. The van der Waals surface area contributed by atoms with Crippen LogP contribution in [0.5, 0.6) is 0 Å². The maximum absolute atomic E-state index is 11.9. The molecular weight excluding hydrogens is 212 g/mol. The molecule has 2 fully saturated rings. The molecule has 0 aromatic carbocycles. The van der Waals surface area contributed by atoms with Crippen LogP contribution in [0, 0.1) is 5.92 Å². The van der Waals surface area contributed by atoms with E-state index in [1.54, 1.807) is 6.20 Å². The highest BCUT2D eigenvalue weighted by molar-refractivity contribution is 7.10. The van der Waals surface area contributed by atoms with Gasteiger partial charge in [0.15, 0.2) is 0 Å². The number of nitrogens with zero attached hydrogens (tertiary/aromatic N) is 2. The minimum absolute atomic E-state index is 0.112. The third-order valence-corrected chi connectivity index (χ3v) is 3.82. The highest BCUT2D eigenvalue weighted by atomic mass is 32.1. The summed E-state index contributed by atoms with van der Waals surface area (Å²) < 4.78 is 3.71. The van der Waals surface area contributed by atoms with Crippen molar-refractivity contribution in [1.82, 2.24) is 14.9 Å². The average molecular weight is 224 g/mol. The van der Waals surface area contributed by atoms with E-state index in [2.05, 4.69) is 20.2 Å². The summed E-state index contributed by atoms with van der Waals surface area (Å²) >= 11 is 1.22. The third kappa shape index (κ3) is 1.63. The Bertz CT molecular complexity index is 366. The van der Waals surface area contributed by atoms with Gasteiger partial charge in [0.1, 0.15) is 5.00 Å². The molecule has 3 unspecified atom stereocenters. The number of rotatable bonds is 2. The Labute approximate surface area is 91.4 Å². The summed E-state index contributed by atoms with van der Waals surface area (Å²) in [6.07, 6.45) is 4.91. The van der Waals surface area contributed by atoms with Gasteiger partial charge in [-0.2, -0.15) is 0 Å². The Morgan fingerprint density at radius 1 is 1.60 bits per heavy atom. The van der Waals surface area contributed by atoms with Gasteiger partial charge >= 0.3 is 0 Å². The lowest BCUT2D eigenvalue weighted by Gasteiger charge is -2.18. The number of carbonyl (C=O) groups excluding carboxylic acids is 1. The van der Waals surface area contributed by atoms with Gasteiger partial charge in [-0.05, 0) is 19.3 Å². The summed E-state index contributed by atoms with van der Waals surface area (Å²) in [7, 11) is 0. The number of nitrogens with one attached hydrogen (secondary N) is 2. The van der Waals surface area contributed by atoms with E-state index >= 15 is 0 Å². The lowest BCUT2D eigenvalue weighted by molar-refractivity contribution is -0.120. The van der Waals surface area contributed by atoms with Crippen molar-refractivity contribution in [1.29, 1.82) is 0 Å². The molecule has 6 heteroatoms. The van der Waals surface area contributed by atoms with E-state index in [4.69, 9.17) is 0 Å². The van der Waals surface area contributed by atoms with Gasteiger partial charge < -0.3 is 10.6 Å². The van der Waals surface area contributed by atoms with E-state index in [9.17, 15) is 4.79 Å². The lowest BCUT2D eigenvalue weighted by Crippen LogP contribution is -2.32. The maximum atomic E-state index is 11.9. The van der Waals surface area contributed by atoms with Crippen LogP contribution in [0.1, 0.15) is 19.3 Å². The van der Waals surface area contributed by atoms with Crippen LogP contribution in [-0.2, 0) is 4.79 Å². The molecule has 1 aromatic heterocycles. The molecule has 2 bridgehead atoms. The van der Waals surface area contributed by atoms with Crippen molar-refractivity contribution in [2.75, 3.05) is 5.32 Å². The third-order valence-electron chi connectivity index (χ3n) is 3.24. The Balaban J connectivity index is 1.66. The Morgan fingerprint density at radius 2 is 2.53 bits per heavy atom. The molecule has 1 aromatic rings. The molecule has 0 saturated carbocycles. The number of amides is 1. The topological polar surface area (TPSA) is 66.9 Å². The van der Waals surface area contributed by atoms with Gasteiger partial charge in [-0.1, -0.05) is 4.49 Å². The molecule has 0 spiro atoms. The summed E-state index contributed by atoms with van der Waals surface area (Å²) in [5, 5.41) is 10.7. The fourth-order valence-electron chi connectivity index (χ4n) is 2.55. The smallest absolute Gasteiger partial charge is 0.229 e. The highest BCUT2D eigenvalue weighted by Gasteiger charge is 2.42. The van der Waals surface area contributed by atoms with Crippen LogP contribution in [0.4, 0.5) is 5.00 Å². The first kappa shape index (κ1) is 9.23. The summed E-state index contributed by atoms with van der Waals surface area (Å²) in [4.78, 5) is 11.9. The van der Waals surface area contributed by atoms with Crippen molar-refractivity contribution in [3.8, 4) is 0 Å². The second-order valence-electron chi connectivity index (χ2n) is 4.16. The first-order valence-corrected chi connectivity index (χ1v) is 5.94. The predicted octanol–water partition coefficient (Wildman–Crippen LogP) is 0.617. The number of aromatic nitrogens is 2. The van der Waals surface area contributed by atoms with Gasteiger partial charge in [-0.15, -0.1) is 5.10 Å². The largest absolute Gasteiger partial charge is 0.315 e. The molecular formula is C9H12N4OS. The zero-order valence-corrected chi connectivity index (χ0v) is 8.96. The molecule has 15 heavy (non-hydrogen) atoms. The summed E-state index contributed by atoms with van der Waals surface area (Å²) in [5.41, 5.74) is 0. The van der Waals surface area contributed by atoms with Crippen LogP contribution in [0.3, 0.4) is 0 Å². The number of hydrogen-bond donors (Lipinski definition) is 2. The molecule has 3 heterocycles. The van der Waals surface area contributed by atoms with Crippen molar-refractivity contribution >= 4 is 22.4 Å². The van der Waals surface area contributed by atoms with Crippen LogP contribution in [0.15, 0.2) is 6.20 Å². The normalized spacial score (nSPS) is 33.2. The number of carbonyl (C=O) groups is 1.